The Hall–Kier alpha value is -4.26. The van der Waals surface area contributed by atoms with Crippen LogP contribution in [-0.2, 0) is 11.3 Å². The summed E-state index contributed by atoms with van der Waals surface area (Å²) >= 11 is 0. The summed E-state index contributed by atoms with van der Waals surface area (Å²) in [5, 5.41) is 7.16. The first-order valence-corrected chi connectivity index (χ1v) is 12.1. The minimum absolute atomic E-state index is 0. The molecule has 4 aromatic carbocycles. The van der Waals surface area contributed by atoms with Gasteiger partial charge in [0.15, 0.2) is 0 Å². The number of benzene rings is 4. The zero-order valence-corrected chi connectivity index (χ0v) is 21.4. The van der Waals surface area contributed by atoms with E-state index in [0.717, 1.165) is 16.7 Å². The number of amides is 1. The topological polar surface area (TPSA) is 72.9 Å². The van der Waals surface area contributed by atoms with E-state index in [2.05, 4.69) is 10.4 Å². The van der Waals surface area contributed by atoms with E-state index in [4.69, 9.17) is 5.73 Å². The number of halogens is 2. The summed E-state index contributed by atoms with van der Waals surface area (Å²) in [6.45, 7) is 0.596. The highest BCUT2D eigenvalue weighted by Gasteiger charge is 2.28. The first-order chi connectivity index (χ1) is 18.1. The third kappa shape index (κ3) is 6.17. The Morgan fingerprint density at radius 3 is 2.03 bits per heavy atom. The predicted octanol–water partition coefficient (Wildman–Crippen LogP) is 6.26. The molecule has 0 aliphatic rings. The van der Waals surface area contributed by atoms with Gasteiger partial charge in [-0.3, -0.25) is 9.48 Å². The quantitative estimate of drug-likeness (QED) is 0.251. The summed E-state index contributed by atoms with van der Waals surface area (Å²) in [5.41, 5.74) is 10.9. The van der Waals surface area contributed by atoms with Crippen LogP contribution in [0.4, 0.5) is 10.1 Å². The van der Waals surface area contributed by atoms with Crippen LogP contribution in [0.2, 0.25) is 0 Å². The van der Waals surface area contributed by atoms with Gasteiger partial charge in [0.2, 0.25) is 5.91 Å². The number of carbonyl (C=O) groups is 1. The highest BCUT2D eigenvalue weighted by atomic mass is 35.5. The molecule has 5 nitrogen and oxygen atoms in total. The SMILES string of the molecule is Cl.NC(C(=O)Nc1ccc(-c2cnn(Cc3ccccc3)c2)c(F)c1)C(c1ccccc1)c1ccccc1. The van der Waals surface area contributed by atoms with Gasteiger partial charge >= 0.3 is 0 Å². The molecule has 0 aliphatic heterocycles. The molecule has 3 N–H and O–H groups in total. The number of aromatic nitrogens is 2. The summed E-state index contributed by atoms with van der Waals surface area (Å²) in [7, 11) is 0. The van der Waals surface area contributed by atoms with Crippen LogP contribution in [0.25, 0.3) is 11.1 Å². The number of nitrogens with two attached hydrogens (primary N) is 1. The van der Waals surface area contributed by atoms with E-state index in [1.54, 1.807) is 23.0 Å². The Kier molecular flexibility index (Phi) is 8.69. The van der Waals surface area contributed by atoms with Gasteiger partial charge in [-0.2, -0.15) is 5.10 Å². The van der Waals surface area contributed by atoms with Gasteiger partial charge in [0.25, 0.3) is 0 Å². The van der Waals surface area contributed by atoms with E-state index in [1.807, 2.05) is 97.2 Å². The van der Waals surface area contributed by atoms with Crippen molar-refractivity contribution in [3.63, 3.8) is 0 Å². The summed E-state index contributed by atoms with van der Waals surface area (Å²) in [6, 6.07) is 33.1. The van der Waals surface area contributed by atoms with Crippen LogP contribution in [0.15, 0.2) is 122 Å². The second-order valence-electron chi connectivity index (χ2n) is 8.92. The van der Waals surface area contributed by atoms with Crippen LogP contribution in [-0.4, -0.2) is 21.7 Å². The molecular weight excluding hydrogens is 499 g/mol. The Balaban J connectivity index is 0.00000336. The second kappa shape index (κ2) is 12.3. The Labute approximate surface area is 227 Å². The molecule has 1 aromatic heterocycles. The molecule has 0 spiro atoms. The van der Waals surface area contributed by atoms with Crippen molar-refractivity contribution >= 4 is 24.0 Å². The van der Waals surface area contributed by atoms with Crippen molar-refractivity contribution in [1.82, 2.24) is 9.78 Å². The van der Waals surface area contributed by atoms with E-state index in [9.17, 15) is 4.79 Å². The minimum Gasteiger partial charge on any atom is -0.325 e. The van der Waals surface area contributed by atoms with Crippen LogP contribution in [0.5, 0.6) is 0 Å². The van der Waals surface area contributed by atoms with E-state index in [1.165, 1.54) is 6.07 Å². The molecule has 0 bridgehead atoms. The zero-order chi connectivity index (χ0) is 25.6. The average molecular weight is 527 g/mol. The molecule has 38 heavy (non-hydrogen) atoms. The average Bonchev–Trinajstić information content (AvgIpc) is 3.38. The molecular formula is C31H28ClFN4O. The van der Waals surface area contributed by atoms with Crippen molar-refractivity contribution < 1.29 is 9.18 Å². The van der Waals surface area contributed by atoms with E-state index >= 15 is 4.39 Å². The number of hydrogen-bond acceptors (Lipinski definition) is 3. The normalized spacial score (nSPS) is 11.6. The fraction of sp³-hybridized carbons (Fsp3) is 0.0968. The molecule has 1 amide bonds. The van der Waals surface area contributed by atoms with Crippen LogP contribution >= 0.6 is 12.4 Å². The lowest BCUT2D eigenvalue weighted by Crippen LogP contribution is -2.41. The first-order valence-electron chi connectivity index (χ1n) is 12.1. The largest absolute Gasteiger partial charge is 0.325 e. The van der Waals surface area contributed by atoms with E-state index in [0.29, 0.717) is 23.4 Å². The van der Waals surface area contributed by atoms with Crippen molar-refractivity contribution in [2.24, 2.45) is 5.73 Å². The molecule has 5 aromatic rings. The van der Waals surface area contributed by atoms with Gasteiger partial charge < -0.3 is 11.1 Å². The number of anilines is 1. The molecule has 0 radical (unpaired) electrons. The maximum absolute atomic E-state index is 15.1. The van der Waals surface area contributed by atoms with Gasteiger partial charge in [-0.25, -0.2) is 4.39 Å². The highest BCUT2D eigenvalue weighted by Crippen LogP contribution is 2.29. The van der Waals surface area contributed by atoms with Crippen molar-refractivity contribution in [2.45, 2.75) is 18.5 Å². The lowest BCUT2D eigenvalue weighted by atomic mass is 9.85. The number of carbonyl (C=O) groups excluding carboxylic acids is 1. The van der Waals surface area contributed by atoms with Crippen molar-refractivity contribution in [3.8, 4) is 11.1 Å². The maximum atomic E-state index is 15.1. The summed E-state index contributed by atoms with van der Waals surface area (Å²) in [5.74, 6) is -1.18. The number of nitrogens with zero attached hydrogens (tertiary/aromatic N) is 2. The Morgan fingerprint density at radius 2 is 1.45 bits per heavy atom. The number of nitrogens with one attached hydrogen (secondary N) is 1. The predicted molar refractivity (Wildman–Crippen MR) is 152 cm³/mol. The molecule has 0 aliphatic carbocycles. The van der Waals surface area contributed by atoms with Gasteiger partial charge in [0, 0.05) is 28.9 Å². The van der Waals surface area contributed by atoms with Crippen molar-refractivity contribution in [2.75, 3.05) is 5.32 Å². The molecule has 7 heteroatoms. The number of rotatable bonds is 8. The lowest BCUT2D eigenvalue weighted by Gasteiger charge is -2.24. The fourth-order valence-corrected chi connectivity index (χ4v) is 4.49. The molecule has 1 heterocycles. The van der Waals surface area contributed by atoms with Gasteiger partial charge in [-0.1, -0.05) is 91.0 Å². The molecule has 192 valence electrons. The fourth-order valence-electron chi connectivity index (χ4n) is 4.49. The monoisotopic (exact) mass is 526 g/mol. The van der Waals surface area contributed by atoms with Gasteiger partial charge in [0.1, 0.15) is 5.82 Å². The lowest BCUT2D eigenvalue weighted by molar-refractivity contribution is -0.117. The summed E-state index contributed by atoms with van der Waals surface area (Å²) in [6.07, 6.45) is 3.45. The standard InChI is InChI=1S/C31H27FN4O.ClH/c32-28-18-26(16-17-27(28)25-19-34-36(21-25)20-22-10-4-1-5-11-22)35-31(37)30(33)29(23-12-6-2-7-13-23)24-14-8-3-9-15-24;/h1-19,21,29-30H,20,33H2,(H,35,37);1H. The highest BCUT2D eigenvalue weighted by molar-refractivity contribution is 5.96. The van der Waals surface area contributed by atoms with Crippen LogP contribution < -0.4 is 11.1 Å². The minimum atomic E-state index is -0.872. The van der Waals surface area contributed by atoms with Crippen molar-refractivity contribution in [3.05, 3.63) is 144 Å². The van der Waals surface area contributed by atoms with Gasteiger partial charge in [-0.15, -0.1) is 12.4 Å². The summed E-state index contributed by atoms with van der Waals surface area (Å²) < 4.78 is 16.9. The summed E-state index contributed by atoms with van der Waals surface area (Å²) in [4.78, 5) is 13.2. The molecule has 1 unspecified atom stereocenters. The molecule has 0 saturated heterocycles. The molecule has 5 rings (SSSR count). The first kappa shape index (κ1) is 26.8. The third-order valence-corrected chi connectivity index (χ3v) is 6.35. The van der Waals surface area contributed by atoms with Crippen LogP contribution in [0.3, 0.4) is 0 Å². The second-order valence-corrected chi connectivity index (χ2v) is 8.92. The van der Waals surface area contributed by atoms with Crippen molar-refractivity contribution in [1.29, 1.82) is 0 Å². The smallest absolute Gasteiger partial charge is 0.242 e. The third-order valence-electron chi connectivity index (χ3n) is 6.35. The number of hydrogen-bond donors (Lipinski definition) is 2. The van der Waals surface area contributed by atoms with Gasteiger partial charge in [-0.05, 0) is 34.9 Å². The molecule has 0 fully saturated rings. The Bertz CT molecular complexity index is 1440. The maximum Gasteiger partial charge on any atom is 0.242 e. The van der Waals surface area contributed by atoms with Gasteiger partial charge in [0.05, 0.1) is 18.8 Å². The zero-order valence-electron chi connectivity index (χ0n) is 20.6. The van der Waals surface area contributed by atoms with Crippen LogP contribution in [0, 0.1) is 5.82 Å². The Morgan fingerprint density at radius 1 is 0.868 bits per heavy atom. The molecule has 0 saturated carbocycles. The van der Waals surface area contributed by atoms with E-state index in [-0.39, 0.29) is 24.2 Å². The van der Waals surface area contributed by atoms with E-state index < -0.39 is 11.9 Å². The molecule has 1 atom stereocenters. The van der Waals surface area contributed by atoms with Crippen LogP contribution in [0.1, 0.15) is 22.6 Å².